The molecule has 2 heterocycles. The van der Waals surface area contributed by atoms with Crippen molar-refractivity contribution < 1.29 is 13.9 Å². The molecule has 8 nitrogen and oxygen atoms in total. The Morgan fingerprint density at radius 3 is 2.72 bits per heavy atom. The maximum Gasteiger partial charge on any atom is 0.234 e. The number of furan rings is 1. The number of anilines is 1. The summed E-state index contributed by atoms with van der Waals surface area (Å²) in [5.74, 6) is 7.60. The van der Waals surface area contributed by atoms with Crippen molar-refractivity contribution in [3.8, 4) is 17.3 Å². The van der Waals surface area contributed by atoms with E-state index in [4.69, 9.17) is 15.0 Å². The maximum atomic E-state index is 12.4. The van der Waals surface area contributed by atoms with Gasteiger partial charge in [0.25, 0.3) is 0 Å². The van der Waals surface area contributed by atoms with Gasteiger partial charge < -0.3 is 20.3 Å². The fourth-order valence-corrected chi connectivity index (χ4v) is 4.10. The summed E-state index contributed by atoms with van der Waals surface area (Å²) < 4.78 is 12.5. The summed E-state index contributed by atoms with van der Waals surface area (Å²) in [6.45, 7) is 0. The van der Waals surface area contributed by atoms with Crippen molar-refractivity contribution in [2.45, 2.75) is 5.16 Å². The highest BCUT2D eigenvalue weighted by atomic mass is 32.2. The van der Waals surface area contributed by atoms with Crippen LogP contribution in [0, 0.1) is 0 Å². The van der Waals surface area contributed by atoms with Crippen LogP contribution in [0.2, 0.25) is 0 Å². The number of carbonyl (C=O) groups excluding carboxylic acids is 1. The fourth-order valence-electron chi connectivity index (χ4n) is 3.45. The predicted molar refractivity (Wildman–Crippen MR) is 125 cm³/mol. The fraction of sp³-hybridized carbons (Fsp3) is 0.0870. The highest BCUT2D eigenvalue weighted by Gasteiger charge is 2.18. The van der Waals surface area contributed by atoms with Gasteiger partial charge in [-0.3, -0.25) is 4.79 Å². The Hall–Kier alpha value is -3.98. The van der Waals surface area contributed by atoms with Crippen LogP contribution < -0.4 is 15.9 Å². The van der Waals surface area contributed by atoms with Crippen LogP contribution in [0.15, 0.2) is 76.3 Å². The van der Waals surface area contributed by atoms with Crippen molar-refractivity contribution in [1.82, 2.24) is 14.9 Å². The summed E-state index contributed by atoms with van der Waals surface area (Å²) in [6.07, 6.45) is 0. The van der Waals surface area contributed by atoms with E-state index in [0.717, 1.165) is 21.8 Å². The molecule has 32 heavy (non-hydrogen) atoms. The van der Waals surface area contributed by atoms with E-state index >= 15 is 0 Å². The summed E-state index contributed by atoms with van der Waals surface area (Å²) in [5.41, 5.74) is 1.34. The molecule has 9 heteroatoms. The first-order valence-corrected chi connectivity index (χ1v) is 10.8. The van der Waals surface area contributed by atoms with Crippen molar-refractivity contribution in [2.24, 2.45) is 0 Å². The van der Waals surface area contributed by atoms with Crippen LogP contribution in [0.4, 0.5) is 5.69 Å². The standard InChI is InChI=1S/C23H19N5O3S/c1-30-18-8-4-7-16-12-19(31-21(16)18)22-26-27-23(28(22)24)32-13-20(29)25-17-10-9-14-5-2-3-6-15(14)11-17/h2-12H,13,24H2,1H3,(H,25,29). The van der Waals surface area contributed by atoms with E-state index < -0.39 is 0 Å². The molecule has 0 saturated heterocycles. The third-order valence-corrected chi connectivity index (χ3v) is 5.92. The number of aromatic nitrogens is 3. The van der Waals surface area contributed by atoms with Crippen molar-refractivity contribution in [3.63, 3.8) is 0 Å². The Morgan fingerprint density at radius 2 is 1.88 bits per heavy atom. The van der Waals surface area contributed by atoms with Crippen molar-refractivity contribution in [1.29, 1.82) is 0 Å². The SMILES string of the molecule is COc1cccc2cc(-c3nnc(SCC(=O)Nc4ccc5ccccc5c4)n3N)oc12. The van der Waals surface area contributed by atoms with Gasteiger partial charge in [-0.25, -0.2) is 4.68 Å². The predicted octanol–water partition coefficient (Wildman–Crippen LogP) is 4.30. The first-order chi connectivity index (χ1) is 15.6. The Balaban J connectivity index is 1.29. The van der Waals surface area contributed by atoms with Gasteiger partial charge >= 0.3 is 0 Å². The Morgan fingerprint density at radius 1 is 1.06 bits per heavy atom. The summed E-state index contributed by atoms with van der Waals surface area (Å²) in [7, 11) is 1.58. The van der Waals surface area contributed by atoms with Gasteiger partial charge in [-0.2, -0.15) is 0 Å². The van der Waals surface area contributed by atoms with Crippen LogP contribution in [-0.4, -0.2) is 33.6 Å². The van der Waals surface area contributed by atoms with Crippen LogP contribution in [0.3, 0.4) is 0 Å². The quantitative estimate of drug-likeness (QED) is 0.296. The van der Waals surface area contributed by atoms with Crippen LogP contribution >= 0.6 is 11.8 Å². The van der Waals surface area contributed by atoms with Crippen LogP contribution in [0.25, 0.3) is 33.3 Å². The van der Waals surface area contributed by atoms with Crippen molar-refractivity contribution in [2.75, 3.05) is 24.0 Å². The first kappa shape index (κ1) is 20.0. The number of rotatable bonds is 6. The molecule has 5 rings (SSSR count). The molecule has 2 aromatic heterocycles. The van der Waals surface area contributed by atoms with Gasteiger partial charge in [0.1, 0.15) is 0 Å². The molecule has 0 aliphatic rings. The first-order valence-electron chi connectivity index (χ1n) is 9.81. The number of benzene rings is 3. The average molecular weight is 446 g/mol. The van der Waals surface area contributed by atoms with E-state index in [2.05, 4.69) is 15.5 Å². The molecule has 0 radical (unpaired) electrons. The summed E-state index contributed by atoms with van der Waals surface area (Å²) >= 11 is 1.19. The highest BCUT2D eigenvalue weighted by molar-refractivity contribution is 7.99. The second-order valence-electron chi connectivity index (χ2n) is 7.06. The van der Waals surface area contributed by atoms with Crippen LogP contribution in [0.1, 0.15) is 0 Å². The number of para-hydroxylation sites is 1. The Bertz CT molecular complexity index is 1440. The van der Waals surface area contributed by atoms with Gasteiger partial charge in [0, 0.05) is 11.1 Å². The second-order valence-corrected chi connectivity index (χ2v) is 8.01. The Labute approximate surface area is 187 Å². The lowest BCUT2D eigenvalue weighted by Gasteiger charge is -2.06. The van der Waals surface area contributed by atoms with Gasteiger partial charge in [0.2, 0.25) is 16.9 Å². The normalized spacial score (nSPS) is 11.2. The second kappa shape index (κ2) is 8.27. The molecule has 0 atom stereocenters. The molecule has 3 N–H and O–H groups in total. The lowest BCUT2D eigenvalue weighted by Crippen LogP contribution is -2.16. The molecule has 0 aliphatic heterocycles. The molecule has 0 aliphatic carbocycles. The molecular weight excluding hydrogens is 426 g/mol. The number of hydrogen-bond acceptors (Lipinski definition) is 7. The summed E-state index contributed by atoms with van der Waals surface area (Å²) in [5, 5.41) is 14.6. The molecule has 0 saturated carbocycles. The number of carbonyl (C=O) groups is 1. The summed E-state index contributed by atoms with van der Waals surface area (Å²) in [4.78, 5) is 12.4. The Kier molecular flexibility index (Phi) is 5.16. The van der Waals surface area contributed by atoms with E-state index in [1.54, 1.807) is 7.11 Å². The number of nitrogen functional groups attached to an aromatic ring is 1. The number of nitrogens with two attached hydrogens (primary N) is 1. The van der Waals surface area contributed by atoms with Gasteiger partial charge in [0.05, 0.1) is 12.9 Å². The number of nitrogens with one attached hydrogen (secondary N) is 1. The molecule has 5 aromatic rings. The van der Waals surface area contributed by atoms with Crippen LogP contribution in [-0.2, 0) is 4.79 Å². The number of nitrogens with zero attached hydrogens (tertiary/aromatic N) is 3. The molecule has 0 fully saturated rings. The third kappa shape index (κ3) is 3.74. The van der Waals surface area contributed by atoms with Gasteiger partial charge in [-0.1, -0.05) is 54.2 Å². The van der Waals surface area contributed by atoms with Crippen molar-refractivity contribution in [3.05, 3.63) is 66.7 Å². The topological polar surface area (TPSA) is 108 Å². The molecule has 3 aromatic carbocycles. The number of hydrogen-bond donors (Lipinski definition) is 2. The minimum atomic E-state index is -0.164. The molecule has 0 spiro atoms. The maximum absolute atomic E-state index is 12.4. The number of fused-ring (bicyclic) bond motifs is 2. The zero-order chi connectivity index (χ0) is 22.1. The lowest BCUT2D eigenvalue weighted by molar-refractivity contribution is -0.113. The van der Waals surface area contributed by atoms with Gasteiger partial charge in [0.15, 0.2) is 17.1 Å². The van der Waals surface area contributed by atoms with Gasteiger partial charge in [-0.15, -0.1) is 10.2 Å². The third-order valence-electron chi connectivity index (χ3n) is 4.98. The number of methoxy groups -OCH3 is 1. The molecule has 0 unspecified atom stereocenters. The minimum Gasteiger partial charge on any atom is -0.493 e. The average Bonchev–Trinajstić information content (AvgIpc) is 3.40. The zero-order valence-corrected chi connectivity index (χ0v) is 17.9. The number of amides is 1. The number of thioether (sulfide) groups is 1. The molecule has 160 valence electrons. The summed E-state index contributed by atoms with van der Waals surface area (Å²) in [6, 6.07) is 21.2. The minimum absolute atomic E-state index is 0.135. The molecular formula is C23H19N5O3S. The molecule has 1 amide bonds. The van der Waals surface area contributed by atoms with E-state index in [-0.39, 0.29) is 11.7 Å². The van der Waals surface area contributed by atoms with E-state index in [1.807, 2.05) is 66.7 Å². The van der Waals surface area contributed by atoms with E-state index in [1.165, 1.54) is 16.4 Å². The smallest absolute Gasteiger partial charge is 0.234 e. The van der Waals surface area contributed by atoms with E-state index in [0.29, 0.717) is 28.1 Å². The van der Waals surface area contributed by atoms with E-state index in [9.17, 15) is 4.79 Å². The lowest BCUT2D eigenvalue weighted by atomic mass is 10.1. The van der Waals surface area contributed by atoms with Gasteiger partial charge in [-0.05, 0) is 35.0 Å². The van der Waals surface area contributed by atoms with Crippen molar-refractivity contribution >= 4 is 45.1 Å². The number of ether oxygens (including phenoxy) is 1. The van der Waals surface area contributed by atoms with Crippen LogP contribution in [0.5, 0.6) is 5.75 Å². The zero-order valence-electron chi connectivity index (χ0n) is 17.1. The molecule has 0 bridgehead atoms. The monoisotopic (exact) mass is 445 g/mol. The largest absolute Gasteiger partial charge is 0.493 e. The highest BCUT2D eigenvalue weighted by Crippen LogP contribution is 2.33.